The molecule has 0 radical (unpaired) electrons. The topological polar surface area (TPSA) is 51.0 Å². The van der Waals surface area contributed by atoms with Gasteiger partial charge in [-0.3, -0.25) is 9.36 Å². The number of carbonyl (C=O) groups excluding carboxylic acids is 1. The van der Waals surface area contributed by atoms with Crippen molar-refractivity contribution in [1.29, 1.82) is 0 Å². The van der Waals surface area contributed by atoms with E-state index in [4.69, 9.17) is 0 Å². The Hall–Kier alpha value is -2.60. The molecule has 2 heterocycles. The first-order valence-electron chi connectivity index (χ1n) is 9.62. The van der Waals surface area contributed by atoms with Gasteiger partial charge in [-0.1, -0.05) is 59.3 Å². The quantitative estimate of drug-likeness (QED) is 0.458. The molecule has 5 nitrogen and oxygen atoms in total. The van der Waals surface area contributed by atoms with Crippen molar-refractivity contribution in [2.75, 3.05) is 23.7 Å². The van der Waals surface area contributed by atoms with Gasteiger partial charge in [-0.2, -0.15) is 0 Å². The maximum atomic E-state index is 12.6. The third-order valence-electron chi connectivity index (χ3n) is 5.00. The lowest BCUT2D eigenvalue weighted by Crippen LogP contribution is -2.22. The molecular formula is C22H24N4OS. The van der Waals surface area contributed by atoms with E-state index in [0.29, 0.717) is 5.75 Å². The lowest BCUT2D eigenvalue weighted by Gasteiger charge is -2.18. The summed E-state index contributed by atoms with van der Waals surface area (Å²) in [7, 11) is 0. The van der Waals surface area contributed by atoms with Crippen molar-refractivity contribution in [3.05, 3.63) is 65.2 Å². The van der Waals surface area contributed by atoms with E-state index in [2.05, 4.69) is 50.9 Å². The minimum atomic E-state index is 0.103. The monoisotopic (exact) mass is 392 g/mol. The van der Waals surface area contributed by atoms with Gasteiger partial charge >= 0.3 is 0 Å². The van der Waals surface area contributed by atoms with Crippen LogP contribution >= 0.6 is 11.8 Å². The molecule has 1 aromatic heterocycles. The summed E-state index contributed by atoms with van der Waals surface area (Å²) < 4.78 is 2.08. The Balaban J connectivity index is 1.60. The van der Waals surface area contributed by atoms with Gasteiger partial charge in [0.25, 0.3) is 0 Å². The highest BCUT2D eigenvalue weighted by Gasteiger charge is 2.23. The number of aryl methyl sites for hydroxylation is 2. The SMILES string of the molecule is Cc1ccc(C(=O)CSc2nnc(N3CCCC3)n2-c2ccc(C)cc2)cc1. The maximum Gasteiger partial charge on any atom is 0.232 e. The molecule has 2 aromatic carbocycles. The Kier molecular flexibility index (Phi) is 5.48. The molecule has 6 heteroatoms. The van der Waals surface area contributed by atoms with E-state index in [1.54, 1.807) is 0 Å². The molecule has 28 heavy (non-hydrogen) atoms. The Bertz CT molecular complexity index is 957. The zero-order valence-corrected chi connectivity index (χ0v) is 17.1. The molecule has 4 rings (SSSR count). The summed E-state index contributed by atoms with van der Waals surface area (Å²) in [5, 5.41) is 9.64. The Morgan fingerprint density at radius 2 is 1.54 bits per heavy atom. The largest absolute Gasteiger partial charge is 0.341 e. The van der Waals surface area contributed by atoms with Crippen LogP contribution in [-0.2, 0) is 0 Å². The van der Waals surface area contributed by atoms with E-state index in [9.17, 15) is 4.79 Å². The minimum Gasteiger partial charge on any atom is -0.341 e. The number of ketones is 1. The molecule has 0 saturated carbocycles. The molecule has 0 unspecified atom stereocenters. The van der Waals surface area contributed by atoms with E-state index in [1.165, 1.54) is 30.2 Å². The van der Waals surface area contributed by atoms with Crippen molar-refractivity contribution in [1.82, 2.24) is 14.8 Å². The van der Waals surface area contributed by atoms with Gasteiger partial charge in [0.05, 0.1) is 11.4 Å². The predicted octanol–water partition coefficient (Wildman–Crippen LogP) is 4.46. The summed E-state index contributed by atoms with van der Waals surface area (Å²) in [5.74, 6) is 1.31. The third-order valence-corrected chi connectivity index (χ3v) is 5.93. The van der Waals surface area contributed by atoms with Crippen molar-refractivity contribution in [3.8, 4) is 5.69 Å². The average molecular weight is 393 g/mol. The lowest BCUT2D eigenvalue weighted by atomic mass is 10.1. The minimum absolute atomic E-state index is 0.103. The van der Waals surface area contributed by atoms with Crippen molar-refractivity contribution in [2.24, 2.45) is 0 Å². The van der Waals surface area contributed by atoms with Crippen LogP contribution in [0.25, 0.3) is 5.69 Å². The molecule has 1 aliphatic rings. The third kappa shape index (κ3) is 3.97. The van der Waals surface area contributed by atoms with Crippen LogP contribution in [-0.4, -0.2) is 39.4 Å². The second-order valence-corrected chi connectivity index (χ2v) is 8.17. The van der Waals surface area contributed by atoms with Crippen molar-refractivity contribution in [3.63, 3.8) is 0 Å². The number of aromatic nitrogens is 3. The Morgan fingerprint density at radius 1 is 0.929 bits per heavy atom. The Morgan fingerprint density at radius 3 is 2.18 bits per heavy atom. The zero-order valence-electron chi connectivity index (χ0n) is 16.3. The summed E-state index contributed by atoms with van der Waals surface area (Å²) in [6.45, 7) is 6.09. The molecule has 0 spiro atoms. The number of benzene rings is 2. The van der Waals surface area contributed by atoms with E-state index < -0.39 is 0 Å². The molecule has 1 aliphatic heterocycles. The van der Waals surface area contributed by atoms with Gasteiger partial charge in [0.1, 0.15) is 0 Å². The zero-order chi connectivity index (χ0) is 19.5. The van der Waals surface area contributed by atoms with Crippen LogP contribution in [0.3, 0.4) is 0 Å². The van der Waals surface area contributed by atoms with Gasteiger partial charge in [-0.15, -0.1) is 10.2 Å². The van der Waals surface area contributed by atoms with Crippen LogP contribution in [0, 0.1) is 13.8 Å². The van der Waals surface area contributed by atoms with Gasteiger partial charge in [0, 0.05) is 18.7 Å². The van der Waals surface area contributed by atoms with Crippen molar-refractivity contribution in [2.45, 2.75) is 31.8 Å². The molecule has 3 aromatic rings. The maximum absolute atomic E-state index is 12.6. The number of Topliss-reactive ketones (excluding diaryl/α,β-unsaturated/α-hetero) is 1. The van der Waals surface area contributed by atoms with Crippen LogP contribution in [0.2, 0.25) is 0 Å². The van der Waals surface area contributed by atoms with Gasteiger partial charge in [0.2, 0.25) is 5.95 Å². The normalized spacial score (nSPS) is 13.9. The molecular weight excluding hydrogens is 368 g/mol. The average Bonchev–Trinajstić information content (AvgIpc) is 3.37. The standard InChI is InChI=1S/C22H24N4OS/c1-16-5-9-18(10-6-16)20(27)15-28-22-24-23-21(25-13-3-4-14-25)26(22)19-11-7-17(2)8-12-19/h5-12H,3-4,13-15H2,1-2H3. The van der Waals surface area contributed by atoms with E-state index in [0.717, 1.165) is 41.0 Å². The number of nitrogens with zero attached hydrogens (tertiary/aromatic N) is 4. The number of rotatable bonds is 6. The van der Waals surface area contributed by atoms with Gasteiger partial charge in [-0.25, -0.2) is 0 Å². The second-order valence-electron chi connectivity index (χ2n) is 7.23. The number of hydrogen-bond donors (Lipinski definition) is 0. The highest BCUT2D eigenvalue weighted by molar-refractivity contribution is 7.99. The summed E-state index contributed by atoms with van der Waals surface area (Å²) in [4.78, 5) is 14.9. The second kappa shape index (κ2) is 8.19. The molecule has 0 aliphatic carbocycles. The lowest BCUT2D eigenvalue weighted by molar-refractivity contribution is 0.102. The smallest absolute Gasteiger partial charge is 0.232 e. The van der Waals surface area contributed by atoms with Gasteiger partial charge < -0.3 is 4.90 Å². The van der Waals surface area contributed by atoms with Crippen LogP contribution in [0.4, 0.5) is 5.95 Å². The fourth-order valence-electron chi connectivity index (χ4n) is 3.35. The number of anilines is 1. The molecule has 144 valence electrons. The first-order chi connectivity index (χ1) is 13.6. The number of thioether (sulfide) groups is 1. The molecule has 0 atom stereocenters. The highest BCUT2D eigenvalue weighted by atomic mass is 32.2. The van der Waals surface area contributed by atoms with E-state index >= 15 is 0 Å². The first kappa shape index (κ1) is 18.7. The van der Waals surface area contributed by atoms with Crippen LogP contribution in [0.5, 0.6) is 0 Å². The van der Waals surface area contributed by atoms with E-state index in [1.807, 2.05) is 31.2 Å². The van der Waals surface area contributed by atoms with Crippen molar-refractivity contribution >= 4 is 23.5 Å². The summed E-state index contributed by atoms with van der Waals surface area (Å²) in [6.07, 6.45) is 2.35. The summed E-state index contributed by atoms with van der Waals surface area (Å²) in [5.41, 5.74) is 4.13. The molecule has 1 fully saturated rings. The van der Waals surface area contributed by atoms with Crippen molar-refractivity contribution < 1.29 is 4.79 Å². The molecule has 0 bridgehead atoms. The number of carbonyl (C=O) groups is 1. The van der Waals surface area contributed by atoms with Gasteiger partial charge in [-0.05, 0) is 38.8 Å². The van der Waals surface area contributed by atoms with Crippen LogP contribution in [0.15, 0.2) is 53.7 Å². The fraction of sp³-hybridized carbons (Fsp3) is 0.318. The highest BCUT2D eigenvalue weighted by Crippen LogP contribution is 2.29. The Labute approximate surface area is 169 Å². The molecule has 1 saturated heterocycles. The number of hydrogen-bond acceptors (Lipinski definition) is 5. The first-order valence-corrected chi connectivity index (χ1v) is 10.6. The van der Waals surface area contributed by atoms with E-state index in [-0.39, 0.29) is 5.78 Å². The molecule has 0 amide bonds. The predicted molar refractivity (Wildman–Crippen MR) is 114 cm³/mol. The summed E-state index contributed by atoms with van der Waals surface area (Å²) >= 11 is 1.45. The van der Waals surface area contributed by atoms with Crippen LogP contribution in [0.1, 0.15) is 34.3 Å². The molecule has 0 N–H and O–H groups in total. The van der Waals surface area contributed by atoms with Crippen LogP contribution < -0.4 is 4.90 Å². The fourth-order valence-corrected chi connectivity index (χ4v) is 4.19. The van der Waals surface area contributed by atoms with Gasteiger partial charge in [0.15, 0.2) is 10.9 Å². The summed E-state index contributed by atoms with van der Waals surface area (Å²) in [6, 6.07) is 16.1.